The number of alkyl halides is 3. The van der Waals surface area contributed by atoms with Gasteiger partial charge in [0.1, 0.15) is 0 Å². The van der Waals surface area contributed by atoms with Gasteiger partial charge in [0, 0.05) is 10.6 Å². The van der Waals surface area contributed by atoms with E-state index in [1.165, 1.54) is 17.8 Å². The predicted octanol–water partition coefficient (Wildman–Crippen LogP) is 4.13. The van der Waals surface area contributed by atoms with Crippen molar-refractivity contribution in [2.24, 2.45) is 0 Å². The average molecular weight is 281 g/mol. The molecular formula is C11H14F3NS2. The maximum absolute atomic E-state index is 12.4. The Kier molecular flexibility index (Phi) is 5.52. The summed E-state index contributed by atoms with van der Waals surface area (Å²) in [5.41, 5.74) is 5.12. The fourth-order valence-corrected chi connectivity index (χ4v) is 2.76. The molecule has 1 aromatic carbocycles. The van der Waals surface area contributed by atoms with Crippen LogP contribution in [-0.2, 0) is 6.18 Å². The van der Waals surface area contributed by atoms with E-state index in [2.05, 4.69) is 0 Å². The van der Waals surface area contributed by atoms with Crippen LogP contribution in [0.1, 0.15) is 12.0 Å². The minimum atomic E-state index is -4.32. The van der Waals surface area contributed by atoms with E-state index in [4.69, 9.17) is 5.73 Å². The number of benzene rings is 1. The second-order valence-electron chi connectivity index (χ2n) is 3.45. The SMILES string of the molecule is CSCCCSc1ccc(C(F)(F)F)cc1N. The van der Waals surface area contributed by atoms with E-state index in [1.807, 2.05) is 6.26 Å². The highest BCUT2D eigenvalue weighted by Gasteiger charge is 2.30. The first-order valence-electron chi connectivity index (χ1n) is 5.03. The second-order valence-corrected chi connectivity index (χ2v) is 5.57. The zero-order valence-corrected chi connectivity index (χ0v) is 11.0. The lowest BCUT2D eigenvalue weighted by atomic mass is 10.2. The van der Waals surface area contributed by atoms with Gasteiger partial charge in [-0.25, -0.2) is 0 Å². The number of thioether (sulfide) groups is 2. The number of nitrogens with two attached hydrogens (primary N) is 1. The third kappa shape index (κ3) is 4.71. The fraction of sp³-hybridized carbons (Fsp3) is 0.455. The average Bonchev–Trinajstić information content (AvgIpc) is 2.24. The topological polar surface area (TPSA) is 26.0 Å². The molecule has 0 aliphatic rings. The summed E-state index contributed by atoms with van der Waals surface area (Å²) in [5, 5.41) is 0. The maximum Gasteiger partial charge on any atom is 0.416 e. The van der Waals surface area contributed by atoms with Crippen molar-refractivity contribution in [2.45, 2.75) is 17.5 Å². The van der Waals surface area contributed by atoms with E-state index in [1.54, 1.807) is 11.8 Å². The first-order valence-corrected chi connectivity index (χ1v) is 7.41. The summed E-state index contributed by atoms with van der Waals surface area (Å²) in [4.78, 5) is 0.721. The van der Waals surface area contributed by atoms with Gasteiger partial charge in [0.2, 0.25) is 0 Å². The van der Waals surface area contributed by atoms with Crippen molar-refractivity contribution in [3.05, 3.63) is 23.8 Å². The Morgan fingerprint density at radius 2 is 1.94 bits per heavy atom. The molecule has 0 atom stereocenters. The number of anilines is 1. The largest absolute Gasteiger partial charge is 0.416 e. The molecule has 0 fully saturated rings. The van der Waals surface area contributed by atoms with Crippen molar-refractivity contribution in [1.29, 1.82) is 0 Å². The summed E-state index contributed by atoms with van der Waals surface area (Å²) in [5.74, 6) is 1.92. The van der Waals surface area contributed by atoms with E-state index < -0.39 is 11.7 Å². The van der Waals surface area contributed by atoms with Crippen LogP contribution in [-0.4, -0.2) is 17.8 Å². The molecule has 0 saturated heterocycles. The molecule has 2 N–H and O–H groups in total. The molecule has 6 heteroatoms. The van der Waals surface area contributed by atoms with Crippen molar-refractivity contribution < 1.29 is 13.2 Å². The van der Waals surface area contributed by atoms with Gasteiger partial charge in [-0.15, -0.1) is 11.8 Å². The molecule has 96 valence electrons. The summed E-state index contributed by atoms with van der Waals surface area (Å²) in [6, 6.07) is 3.52. The van der Waals surface area contributed by atoms with Gasteiger partial charge in [-0.1, -0.05) is 0 Å². The molecule has 17 heavy (non-hydrogen) atoms. The van der Waals surface area contributed by atoms with E-state index in [9.17, 15) is 13.2 Å². The highest BCUT2D eigenvalue weighted by atomic mass is 32.2. The lowest BCUT2D eigenvalue weighted by Gasteiger charge is -2.10. The monoisotopic (exact) mass is 281 g/mol. The number of rotatable bonds is 5. The first-order chi connectivity index (χ1) is 7.95. The lowest BCUT2D eigenvalue weighted by Crippen LogP contribution is -2.05. The van der Waals surface area contributed by atoms with E-state index in [0.29, 0.717) is 0 Å². The van der Waals surface area contributed by atoms with Crippen molar-refractivity contribution in [3.63, 3.8) is 0 Å². The Morgan fingerprint density at radius 3 is 2.47 bits per heavy atom. The van der Waals surface area contributed by atoms with Crippen LogP contribution >= 0.6 is 23.5 Å². The molecule has 0 aromatic heterocycles. The Hall–Kier alpha value is -0.490. The molecule has 0 unspecified atom stereocenters. The van der Waals surface area contributed by atoms with Crippen LogP contribution in [0.15, 0.2) is 23.1 Å². The summed E-state index contributed by atoms with van der Waals surface area (Å²) < 4.78 is 37.2. The summed E-state index contributed by atoms with van der Waals surface area (Å²) in [7, 11) is 0. The molecule has 0 heterocycles. The van der Waals surface area contributed by atoms with E-state index >= 15 is 0 Å². The van der Waals surface area contributed by atoms with Gasteiger partial charge in [-0.2, -0.15) is 24.9 Å². The van der Waals surface area contributed by atoms with Crippen LogP contribution in [0.4, 0.5) is 18.9 Å². The van der Waals surface area contributed by atoms with Crippen LogP contribution in [0.25, 0.3) is 0 Å². The smallest absolute Gasteiger partial charge is 0.398 e. The Balaban J connectivity index is 2.64. The first kappa shape index (κ1) is 14.6. The standard InChI is InChI=1S/C11H14F3NS2/c1-16-5-2-6-17-10-4-3-8(7-9(10)15)11(12,13)14/h3-4,7H,2,5-6,15H2,1H3. The van der Waals surface area contributed by atoms with Gasteiger partial charge in [0.05, 0.1) is 5.56 Å². The quantitative estimate of drug-likeness (QED) is 0.499. The third-order valence-corrected chi connectivity index (χ3v) is 3.96. The molecular weight excluding hydrogens is 267 g/mol. The number of hydrogen-bond donors (Lipinski definition) is 1. The van der Waals surface area contributed by atoms with Crippen molar-refractivity contribution in [2.75, 3.05) is 23.5 Å². The fourth-order valence-electron chi connectivity index (χ4n) is 1.24. The summed E-state index contributed by atoms with van der Waals surface area (Å²) >= 11 is 3.25. The number of nitrogen functional groups attached to an aromatic ring is 1. The van der Waals surface area contributed by atoms with Gasteiger partial charge >= 0.3 is 6.18 Å². The third-order valence-electron chi connectivity index (χ3n) is 2.09. The van der Waals surface area contributed by atoms with Crippen LogP contribution in [0.2, 0.25) is 0 Å². The zero-order valence-electron chi connectivity index (χ0n) is 9.38. The minimum absolute atomic E-state index is 0.203. The molecule has 1 aromatic rings. The van der Waals surface area contributed by atoms with Crippen molar-refractivity contribution in [1.82, 2.24) is 0 Å². The van der Waals surface area contributed by atoms with Gasteiger partial charge in [0.15, 0.2) is 0 Å². The highest BCUT2D eigenvalue weighted by molar-refractivity contribution is 8.00. The van der Waals surface area contributed by atoms with Gasteiger partial charge in [0.25, 0.3) is 0 Å². The van der Waals surface area contributed by atoms with E-state index in [0.717, 1.165) is 35.0 Å². The molecule has 0 bridgehead atoms. The zero-order chi connectivity index (χ0) is 12.9. The van der Waals surface area contributed by atoms with Crippen molar-refractivity contribution in [3.8, 4) is 0 Å². The molecule has 0 saturated carbocycles. The van der Waals surface area contributed by atoms with Crippen LogP contribution in [0.5, 0.6) is 0 Å². The predicted molar refractivity (Wildman–Crippen MR) is 69.6 cm³/mol. The summed E-state index contributed by atoms with van der Waals surface area (Å²) in [6.45, 7) is 0. The Morgan fingerprint density at radius 1 is 1.24 bits per heavy atom. The van der Waals surface area contributed by atoms with Gasteiger partial charge in [-0.3, -0.25) is 0 Å². The highest BCUT2D eigenvalue weighted by Crippen LogP contribution is 2.34. The Labute approximate surface area is 107 Å². The molecule has 0 amide bonds. The lowest BCUT2D eigenvalue weighted by molar-refractivity contribution is -0.137. The second kappa shape index (κ2) is 6.44. The van der Waals surface area contributed by atoms with E-state index in [-0.39, 0.29) is 5.69 Å². The molecule has 0 aliphatic heterocycles. The number of hydrogen-bond acceptors (Lipinski definition) is 3. The van der Waals surface area contributed by atoms with Crippen molar-refractivity contribution >= 4 is 29.2 Å². The molecule has 0 spiro atoms. The molecule has 0 radical (unpaired) electrons. The minimum Gasteiger partial charge on any atom is -0.398 e. The number of halogens is 3. The summed E-state index contributed by atoms with van der Waals surface area (Å²) in [6.07, 6.45) is -1.28. The normalized spacial score (nSPS) is 11.8. The molecule has 0 aliphatic carbocycles. The van der Waals surface area contributed by atoms with Crippen LogP contribution in [0.3, 0.4) is 0 Å². The van der Waals surface area contributed by atoms with Gasteiger partial charge in [-0.05, 0) is 42.4 Å². The van der Waals surface area contributed by atoms with Gasteiger partial charge < -0.3 is 5.73 Å². The molecule has 1 rings (SSSR count). The molecule has 1 nitrogen and oxygen atoms in total. The van der Waals surface area contributed by atoms with Crippen LogP contribution < -0.4 is 5.73 Å². The maximum atomic E-state index is 12.4. The Bertz CT molecular complexity index is 366. The van der Waals surface area contributed by atoms with Crippen LogP contribution in [0, 0.1) is 0 Å².